The molecule has 2 fully saturated rings. The third-order valence-electron chi connectivity index (χ3n) is 8.32. The van der Waals surface area contributed by atoms with Gasteiger partial charge in [0.2, 0.25) is 5.43 Å². The van der Waals surface area contributed by atoms with Gasteiger partial charge in [0.25, 0.3) is 11.8 Å². The first-order valence-corrected chi connectivity index (χ1v) is 13.7. The third kappa shape index (κ3) is 4.98. The highest BCUT2D eigenvalue weighted by Crippen LogP contribution is 2.43. The molecule has 3 atom stereocenters. The van der Waals surface area contributed by atoms with E-state index in [9.17, 15) is 32.3 Å². The van der Waals surface area contributed by atoms with Crippen LogP contribution in [0.3, 0.4) is 0 Å². The summed E-state index contributed by atoms with van der Waals surface area (Å²) in [7, 11) is 0. The van der Waals surface area contributed by atoms with E-state index in [-0.39, 0.29) is 37.2 Å². The van der Waals surface area contributed by atoms with Crippen LogP contribution in [-0.2, 0) is 17.9 Å². The minimum Gasteiger partial charge on any atom is -0.483 e. The Bertz CT molecular complexity index is 1670. The number of carbonyl (C=O) groups is 3. The van der Waals surface area contributed by atoms with Crippen molar-refractivity contribution in [3.8, 4) is 5.75 Å². The molecule has 3 aromatic rings. The summed E-state index contributed by atoms with van der Waals surface area (Å²) < 4.78 is 55.1. The van der Waals surface area contributed by atoms with Gasteiger partial charge >= 0.3 is 6.09 Å². The summed E-state index contributed by atoms with van der Waals surface area (Å²) in [5.41, 5.74) is -2.45. The van der Waals surface area contributed by atoms with Gasteiger partial charge in [0.05, 0.1) is 12.6 Å². The van der Waals surface area contributed by atoms with Gasteiger partial charge in [-0.15, -0.1) is 0 Å². The molecule has 0 saturated carbocycles. The summed E-state index contributed by atoms with van der Waals surface area (Å²) in [5.74, 6) is -5.39. The molecular formula is C30H27F3N4O6. The second-order valence-electron chi connectivity index (χ2n) is 10.9. The van der Waals surface area contributed by atoms with Gasteiger partial charge in [-0.1, -0.05) is 30.3 Å². The minimum absolute atomic E-state index is 0.0968. The normalized spacial score (nSPS) is 22.5. The zero-order valence-corrected chi connectivity index (χ0v) is 23.0. The Labute approximate surface area is 243 Å². The summed E-state index contributed by atoms with van der Waals surface area (Å²) in [6.07, 6.45) is 1.49. The number of nitrogens with zero attached hydrogens (tertiary/aromatic N) is 2. The predicted molar refractivity (Wildman–Crippen MR) is 145 cm³/mol. The maximum Gasteiger partial charge on any atom is 0.407 e. The highest BCUT2D eigenvalue weighted by molar-refractivity contribution is 5.99. The molecule has 6 rings (SSSR count). The van der Waals surface area contributed by atoms with Crippen LogP contribution in [0.15, 0.2) is 53.5 Å². The van der Waals surface area contributed by atoms with E-state index < -0.39 is 70.1 Å². The molecule has 224 valence electrons. The van der Waals surface area contributed by atoms with E-state index in [1.165, 1.54) is 10.8 Å². The first kappa shape index (κ1) is 28.3. The summed E-state index contributed by atoms with van der Waals surface area (Å²) in [6, 6.07) is 8.90. The average Bonchev–Trinajstić information content (AvgIpc) is 3.30. The van der Waals surface area contributed by atoms with Crippen molar-refractivity contribution in [2.24, 2.45) is 0 Å². The quantitative estimate of drug-likeness (QED) is 0.450. The Morgan fingerprint density at radius 3 is 2.53 bits per heavy atom. The Morgan fingerprint density at radius 2 is 1.86 bits per heavy atom. The Morgan fingerprint density at radius 1 is 1.14 bits per heavy atom. The number of rotatable bonds is 6. The fraction of sp³-hybridized carbons (Fsp3) is 0.333. The molecule has 3 aliphatic rings. The van der Waals surface area contributed by atoms with Crippen LogP contribution in [0.2, 0.25) is 0 Å². The molecule has 1 aromatic heterocycles. The van der Waals surface area contributed by atoms with Crippen molar-refractivity contribution in [1.29, 1.82) is 0 Å². The van der Waals surface area contributed by atoms with E-state index in [0.29, 0.717) is 30.5 Å². The molecule has 2 unspecified atom stereocenters. The number of carbonyl (C=O) groups excluding carboxylic acids is 3. The first-order valence-electron chi connectivity index (χ1n) is 13.7. The second kappa shape index (κ2) is 10.8. The lowest BCUT2D eigenvalue weighted by atomic mass is 9.88. The van der Waals surface area contributed by atoms with E-state index in [1.54, 1.807) is 35.2 Å². The molecule has 2 aromatic carbocycles. The van der Waals surface area contributed by atoms with Crippen LogP contribution < -0.4 is 20.8 Å². The van der Waals surface area contributed by atoms with Crippen molar-refractivity contribution < 1.29 is 37.0 Å². The molecule has 0 radical (unpaired) electrons. The highest BCUT2D eigenvalue weighted by atomic mass is 19.1. The number of aromatic nitrogens is 1. The van der Waals surface area contributed by atoms with Crippen molar-refractivity contribution in [3.05, 3.63) is 98.7 Å². The van der Waals surface area contributed by atoms with Crippen LogP contribution >= 0.6 is 0 Å². The Kier molecular flexibility index (Phi) is 7.10. The maximum absolute atomic E-state index is 14.2. The largest absolute Gasteiger partial charge is 0.483 e. The van der Waals surface area contributed by atoms with Gasteiger partial charge in [-0.05, 0) is 25.3 Å². The van der Waals surface area contributed by atoms with Crippen LogP contribution in [-0.4, -0.2) is 52.1 Å². The van der Waals surface area contributed by atoms with E-state index in [1.807, 2.05) is 6.92 Å². The number of halogens is 3. The number of ether oxygens (including phenoxy) is 2. The third-order valence-corrected chi connectivity index (χ3v) is 8.32. The maximum atomic E-state index is 14.2. The standard InChI is InChI=1S/C30H27F3N4O6/c1-16-7-8-30(15-35-29(41)43-30)23-13-36(16)28(40)24-26(42-14-17-5-3-2-4-6-17)25(38)20(12-37(23)24)27(39)34-11-19-21(32)9-18(31)10-22(19)33/h2-6,9-10,12,16,23H,7-8,11,13-15H2,1H3,(H,34,39)(H,35,41)/t16?,23?,30-/m1/s1. The Hall–Kier alpha value is -4.81. The van der Waals surface area contributed by atoms with E-state index in [2.05, 4.69) is 10.6 Å². The number of nitrogens with one attached hydrogen (secondary N) is 2. The number of pyridine rings is 1. The van der Waals surface area contributed by atoms with Gasteiger partial charge in [0, 0.05) is 43.0 Å². The molecule has 4 heterocycles. The molecule has 2 bridgehead atoms. The van der Waals surface area contributed by atoms with E-state index in [4.69, 9.17) is 9.47 Å². The number of alkyl carbamates (subject to hydrolysis) is 1. The van der Waals surface area contributed by atoms with Crippen molar-refractivity contribution in [2.75, 3.05) is 13.1 Å². The summed E-state index contributed by atoms with van der Waals surface area (Å²) >= 11 is 0. The zero-order chi connectivity index (χ0) is 30.5. The topological polar surface area (TPSA) is 119 Å². The van der Waals surface area contributed by atoms with Crippen molar-refractivity contribution in [3.63, 3.8) is 0 Å². The first-order chi connectivity index (χ1) is 20.6. The predicted octanol–water partition coefficient (Wildman–Crippen LogP) is 3.43. The molecule has 2 saturated heterocycles. The van der Waals surface area contributed by atoms with Gasteiger partial charge in [0.1, 0.15) is 29.6 Å². The van der Waals surface area contributed by atoms with Gasteiger partial charge in [-0.3, -0.25) is 14.4 Å². The number of fused-ring (bicyclic) bond motifs is 5. The fourth-order valence-corrected chi connectivity index (χ4v) is 5.97. The van der Waals surface area contributed by atoms with Gasteiger partial charge in [0.15, 0.2) is 17.0 Å². The van der Waals surface area contributed by atoms with E-state index in [0.717, 1.165) is 0 Å². The molecule has 1 spiro atoms. The monoisotopic (exact) mass is 596 g/mol. The highest BCUT2D eigenvalue weighted by Gasteiger charge is 2.54. The lowest BCUT2D eigenvalue weighted by Gasteiger charge is -2.42. The lowest BCUT2D eigenvalue weighted by molar-refractivity contribution is -0.00214. The van der Waals surface area contributed by atoms with Gasteiger partial charge in [-0.2, -0.15) is 0 Å². The van der Waals surface area contributed by atoms with Crippen molar-refractivity contribution in [2.45, 2.75) is 50.6 Å². The van der Waals surface area contributed by atoms with Crippen LogP contribution in [0.5, 0.6) is 5.75 Å². The van der Waals surface area contributed by atoms with E-state index >= 15 is 0 Å². The molecule has 43 heavy (non-hydrogen) atoms. The number of hydrogen-bond acceptors (Lipinski definition) is 6. The average molecular weight is 597 g/mol. The van der Waals surface area contributed by atoms with Crippen molar-refractivity contribution in [1.82, 2.24) is 20.1 Å². The summed E-state index contributed by atoms with van der Waals surface area (Å²) in [4.78, 5) is 55.0. The Balaban J connectivity index is 1.46. The number of hydrogen-bond donors (Lipinski definition) is 2. The molecular weight excluding hydrogens is 569 g/mol. The fourth-order valence-electron chi connectivity index (χ4n) is 5.97. The second-order valence-corrected chi connectivity index (χ2v) is 10.9. The summed E-state index contributed by atoms with van der Waals surface area (Å²) in [6.45, 7) is 1.36. The molecule has 3 amide bonds. The van der Waals surface area contributed by atoms with Crippen molar-refractivity contribution >= 4 is 17.9 Å². The molecule has 2 N–H and O–H groups in total. The van der Waals surface area contributed by atoms with Crippen LogP contribution in [0.1, 0.15) is 57.8 Å². The molecule has 10 nitrogen and oxygen atoms in total. The number of amides is 3. The lowest BCUT2D eigenvalue weighted by Crippen LogP contribution is -2.53. The van der Waals surface area contributed by atoms with Gasteiger partial charge in [-0.25, -0.2) is 18.0 Å². The molecule has 3 aliphatic heterocycles. The number of benzene rings is 2. The summed E-state index contributed by atoms with van der Waals surface area (Å²) in [5, 5.41) is 5.00. The molecule has 13 heteroatoms. The van der Waals surface area contributed by atoms with Gasteiger partial charge < -0.3 is 29.6 Å². The SMILES string of the molecule is CC1CC[C@@]2(CNC(=O)O2)C2CN1C(=O)c1c(OCc3ccccc3)c(=O)c(C(=O)NCc3c(F)cc(F)cc3F)cn12. The zero-order valence-electron chi connectivity index (χ0n) is 23.0. The van der Waals surface area contributed by atoms with Crippen LogP contribution in [0, 0.1) is 17.5 Å². The molecule has 0 aliphatic carbocycles. The smallest absolute Gasteiger partial charge is 0.407 e. The minimum atomic E-state index is -1.21. The van der Waals surface area contributed by atoms with Crippen LogP contribution in [0.25, 0.3) is 0 Å². The van der Waals surface area contributed by atoms with Crippen LogP contribution in [0.4, 0.5) is 18.0 Å².